The van der Waals surface area contributed by atoms with E-state index in [1.54, 1.807) is 18.2 Å². The van der Waals surface area contributed by atoms with E-state index in [0.29, 0.717) is 21.6 Å². The molecule has 96 valence electrons. The van der Waals surface area contributed by atoms with Gasteiger partial charge in [-0.3, -0.25) is 0 Å². The lowest BCUT2D eigenvalue weighted by Gasteiger charge is -2.09. The Hall–Kier alpha value is -0.940. The van der Waals surface area contributed by atoms with Gasteiger partial charge >= 0.3 is 0 Å². The first-order valence-electron chi connectivity index (χ1n) is 5.22. The van der Waals surface area contributed by atoms with Crippen molar-refractivity contribution in [2.45, 2.75) is 18.7 Å². The quantitative estimate of drug-likeness (QED) is 0.746. The normalized spacial score (nSPS) is 11.2. The number of aryl methyl sites for hydroxylation is 1. The van der Waals surface area contributed by atoms with Gasteiger partial charge in [0.15, 0.2) is 0 Å². The minimum atomic E-state index is -2.58. The third kappa shape index (κ3) is 2.42. The summed E-state index contributed by atoms with van der Waals surface area (Å²) >= 11 is 9.17. The molecular weight excluding hydrogens is 325 g/mol. The molecular formula is C12H10BrClF2N2. The van der Waals surface area contributed by atoms with Crippen LogP contribution in [0.1, 0.15) is 23.2 Å². The van der Waals surface area contributed by atoms with E-state index in [1.165, 1.54) is 10.9 Å². The number of rotatable bonds is 3. The molecule has 0 N–H and O–H groups in total. The molecule has 0 amide bonds. The molecule has 1 heterocycles. The Morgan fingerprint density at radius 1 is 1.44 bits per heavy atom. The number of aromatic nitrogens is 2. The summed E-state index contributed by atoms with van der Waals surface area (Å²) in [5.41, 5.74) is 1.80. The SMILES string of the molecule is Cc1ccc(-n2ncc(CBr)c2C(F)F)cc1Cl. The van der Waals surface area contributed by atoms with Crippen LogP contribution in [0.15, 0.2) is 24.4 Å². The van der Waals surface area contributed by atoms with Crippen molar-refractivity contribution in [2.24, 2.45) is 0 Å². The fourth-order valence-electron chi connectivity index (χ4n) is 1.65. The molecule has 0 radical (unpaired) electrons. The van der Waals surface area contributed by atoms with E-state index in [2.05, 4.69) is 21.0 Å². The molecule has 0 aliphatic heterocycles. The molecule has 0 saturated heterocycles. The van der Waals surface area contributed by atoms with Gasteiger partial charge in [-0.05, 0) is 24.6 Å². The second-order valence-electron chi connectivity index (χ2n) is 3.83. The van der Waals surface area contributed by atoms with Gasteiger partial charge in [-0.15, -0.1) is 0 Å². The first kappa shape index (κ1) is 13.5. The zero-order chi connectivity index (χ0) is 13.3. The van der Waals surface area contributed by atoms with Gasteiger partial charge in [0.1, 0.15) is 5.69 Å². The summed E-state index contributed by atoms with van der Waals surface area (Å²) in [4.78, 5) is 0. The second kappa shape index (κ2) is 5.36. The van der Waals surface area contributed by atoms with Gasteiger partial charge < -0.3 is 0 Å². The van der Waals surface area contributed by atoms with Gasteiger partial charge in [0.25, 0.3) is 6.43 Å². The molecule has 0 atom stereocenters. The van der Waals surface area contributed by atoms with Gasteiger partial charge in [-0.2, -0.15) is 5.10 Å². The van der Waals surface area contributed by atoms with Crippen molar-refractivity contribution in [3.8, 4) is 5.69 Å². The van der Waals surface area contributed by atoms with Crippen molar-refractivity contribution in [2.75, 3.05) is 0 Å². The van der Waals surface area contributed by atoms with Gasteiger partial charge in [-0.1, -0.05) is 33.6 Å². The predicted molar refractivity (Wildman–Crippen MR) is 70.9 cm³/mol. The van der Waals surface area contributed by atoms with E-state index in [-0.39, 0.29) is 5.69 Å². The summed E-state index contributed by atoms with van der Waals surface area (Å²) < 4.78 is 27.3. The summed E-state index contributed by atoms with van der Waals surface area (Å²) in [5.74, 6) is 0. The van der Waals surface area contributed by atoms with Crippen LogP contribution in [-0.2, 0) is 5.33 Å². The van der Waals surface area contributed by atoms with Crippen LogP contribution in [0.2, 0.25) is 5.02 Å². The second-order valence-corrected chi connectivity index (χ2v) is 4.80. The van der Waals surface area contributed by atoms with E-state index in [0.717, 1.165) is 5.56 Å². The Kier molecular flexibility index (Phi) is 4.02. The van der Waals surface area contributed by atoms with E-state index in [9.17, 15) is 8.78 Å². The van der Waals surface area contributed by atoms with E-state index in [4.69, 9.17) is 11.6 Å². The number of nitrogens with zero attached hydrogens (tertiary/aromatic N) is 2. The standard InChI is InChI=1S/C12H10BrClF2N2/c1-7-2-3-9(4-10(7)14)18-11(12(15)16)8(5-13)6-17-18/h2-4,6,12H,5H2,1H3. The van der Waals surface area contributed by atoms with Crippen LogP contribution in [-0.4, -0.2) is 9.78 Å². The molecule has 18 heavy (non-hydrogen) atoms. The monoisotopic (exact) mass is 334 g/mol. The van der Waals surface area contributed by atoms with Gasteiger partial charge in [0.2, 0.25) is 0 Å². The van der Waals surface area contributed by atoms with Crippen LogP contribution in [0.25, 0.3) is 5.69 Å². The van der Waals surface area contributed by atoms with Crippen LogP contribution >= 0.6 is 27.5 Å². The maximum Gasteiger partial charge on any atom is 0.280 e. The summed E-state index contributed by atoms with van der Waals surface area (Å²) in [6.07, 6.45) is -1.15. The maximum atomic E-state index is 13.1. The first-order valence-corrected chi connectivity index (χ1v) is 6.72. The number of hydrogen-bond donors (Lipinski definition) is 0. The van der Waals surface area contributed by atoms with E-state index < -0.39 is 6.43 Å². The van der Waals surface area contributed by atoms with Crippen molar-refractivity contribution < 1.29 is 8.78 Å². The number of alkyl halides is 3. The van der Waals surface area contributed by atoms with E-state index in [1.807, 2.05) is 6.92 Å². The zero-order valence-electron chi connectivity index (χ0n) is 9.50. The molecule has 6 heteroatoms. The Bertz CT molecular complexity index is 569. The van der Waals surface area contributed by atoms with Gasteiger partial charge in [0.05, 0.1) is 11.9 Å². The molecule has 0 bridgehead atoms. The molecule has 0 aliphatic rings. The Balaban J connectivity index is 2.56. The van der Waals surface area contributed by atoms with Crippen LogP contribution < -0.4 is 0 Å². The highest BCUT2D eigenvalue weighted by molar-refractivity contribution is 9.08. The van der Waals surface area contributed by atoms with Gasteiger partial charge in [0, 0.05) is 15.9 Å². The van der Waals surface area contributed by atoms with E-state index >= 15 is 0 Å². The highest BCUT2D eigenvalue weighted by Crippen LogP contribution is 2.28. The average molecular weight is 336 g/mol. The van der Waals surface area contributed by atoms with Crippen molar-refractivity contribution in [3.05, 3.63) is 46.2 Å². The fourth-order valence-corrected chi connectivity index (χ4v) is 2.25. The highest BCUT2D eigenvalue weighted by atomic mass is 79.9. The van der Waals surface area contributed by atoms with Crippen LogP contribution in [0.4, 0.5) is 8.78 Å². The first-order chi connectivity index (χ1) is 8.54. The average Bonchev–Trinajstić information content (AvgIpc) is 2.76. The predicted octanol–water partition coefficient (Wildman–Crippen LogP) is 4.67. The number of benzene rings is 1. The number of halogens is 4. The third-order valence-corrected chi connectivity index (χ3v) is 3.65. The minimum Gasteiger partial charge on any atom is -0.232 e. The molecule has 1 aromatic heterocycles. The van der Waals surface area contributed by atoms with Crippen LogP contribution in [0, 0.1) is 6.92 Å². The Labute approximate surface area is 117 Å². The third-order valence-electron chi connectivity index (χ3n) is 2.64. The molecule has 0 spiro atoms. The lowest BCUT2D eigenvalue weighted by Crippen LogP contribution is -2.04. The fraction of sp³-hybridized carbons (Fsp3) is 0.250. The highest BCUT2D eigenvalue weighted by Gasteiger charge is 2.20. The molecule has 0 saturated carbocycles. The zero-order valence-corrected chi connectivity index (χ0v) is 11.8. The molecule has 1 aromatic carbocycles. The molecule has 2 nitrogen and oxygen atoms in total. The summed E-state index contributed by atoms with van der Waals surface area (Å²) in [6.45, 7) is 1.85. The maximum absolute atomic E-state index is 13.1. The van der Waals surface area contributed by atoms with Crippen molar-refractivity contribution in [3.63, 3.8) is 0 Å². The van der Waals surface area contributed by atoms with Crippen LogP contribution in [0.5, 0.6) is 0 Å². The molecule has 0 fully saturated rings. The molecule has 0 unspecified atom stereocenters. The largest absolute Gasteiger partial charge is 0.280 e. The summed E-state index contributed by atoms with van der Waals surface area (Å²) in [7, 11) is 0. The lowest BCUT2D eigenvalue weighted by atomic mass is 10.2. The summed E-state index contributed by atoms with van der Waals surface area (Å²) in [6, 6.07) is 5.13. The smallest absolute Gasteiger partial charge is 0.232 e. The molecule has 2 rings (SSSR count). The van der Waals surface area contributed by atoms with Crippen molar-refractivity contribution in [1.82, 2.24) is 9.78 Å². The number of hydrogen-bond acceptors (Lipinski definition) is 1. The van der Waals surface area contributed by atoms with Crippen LogP contribution in [0.3, 0.4) is 0 Å². The lowest BCUT2D eigenvalue weighted by molar-refractivity contribution is 0.142. The molecule has 2 aromatic rings. The molecule has 0 aliphatic carbocycles. The van der Waals surface area contributed by atoms with Gasteiger partial charge in [-0.25, -0.2) is 13.5 Å². The van der Waals surface area contributed by atoms with Crippen molar-refractivity contribution in [1.29, 1.82) is 0 Å². The topological polar surface area (TPSA) is 17.8 Å². The Morgan fingerprint density at radius 2 is 2.17 bits per heavy atom. The minimum absolute atomic E-state index is 0.105. The Morgan fingerprint density at radius 3 is 2.72 bits per heavy atom. The summed E-state index contributed by atoms with van der Waals surface area (Å²) in [5, 5.41) is 4.87. The van der Waals surface area contributed by atoms with Crippen molar-refractivity contribution >= 4 is 27.5 Å².